The molecule has 70 valence electrons. The molecule has 1 nitrogen and oxygen atoms in total. The summed E-state index contributed by atoms with van der Waals surface area (Å²) in [6, 6.07) is 7.55. The van der Waals surface area contributed by atoms with Crippen LogP contribution in [0.4, 0.5) is 4.39 Å². The van der Waals surface area contributed by atoms with Crippen LogP contribution in [-0.2, 0) is 5.67 Å². The summed E-state index contributed by atoms with van der Waals surface area (Å²) < 4.78 is 13.6. The van der Waals surface area contributed by atoms with Gasteiger partial charge >= 0.3 is 0 Å². The monoisotopic (exact) mass is 179 g/mol. The van der Waals surface area contributed by atoms with Crippen molar-refractivity contribution in [2.24, 2.45) is 5.73 Å². The van der Waals surface area contributed by atoms with E-state index in [0.717, 1.165) is 11.1 Å². The van der Waals surface area contributed by atoms with Gasteiger partial charge in [0.05, 0.1) is 0 Å². The Morgan fingerprint density at radius 2 is 2.15 bits per heavy atom. The second kappa shape index (κ2) is 2.81. The summed E-state index contributed by atoms with van der Waals surface area (Å²) in [5.74, 6) is 0. The molecule has 0 heterocycles. The van der Waals surface area contributed by atoms with Crippen molar-refractivity contribution in [3.05, 3.63) is 35.4 Å². The van der Waals surface area contributed by atoms with Crippen LogP contribution in [0.1, 0.15) is 36.9 Å². The standard InChI is InChI=1S/C11H14FN/c1-8(13)9-3-2-4-10(7-9)11(12)5-6-11/h2-4,7-8H,5-6,13H2,1H3. The Morgan fingerprint density at radius 1 is 1.46 bits per heavy atom. The van der Waals surface area contributed by atoms with Crippen molar-refractivity contribution in [1.82, 2.24) is 0 Å². The fraction of sp³-hybridized carbons (Fsp3) is 0.455. The number of benzene rings is 1. The Balaban J connectivity index is 2.33. The topological polar surface area (TPSA) is 26.0 Å². The first-order chi connectivity index (χ1) is 6.12. The van der Waals surface area contributed by atoms with Crippen molar-refractivity contribution in [2.45, 2.75) is 31.5 Å². The van der Waals surface area contributed by atoms with Gasteiger partial charge in [-0.05, 0) is 30.9 Å². The minimum absolute atomic E-state index is 0.0118. The van der Waals surface area contributed by atoms with E-state index in [9.17, 15) is 4.39 Å². The van der Waals surface area contributed by atoms with Gasteiger partial charge in [-0.2, -0.15) is 0 Å². The first-order valence-corrected chi connectivity index (χ1v) is 4.67. The first-order valence-electron chi connectivity index (χ1n) is 4.67. The molecule has 1 aliphatic rings. The highest BCUT2D eigenvalue weighted by atomic mass is 19.1. The molecule has 1 aromatic rings. The van der Waals surface area contributed by atoms with E-state index in [0.29, 0.717) is 12.8 Å². The lowest BCUT2D eigenvalue weighted by Gasteiger charge is -2.10. The van der Waals surface area contributed by atoms with Crippen LogP contribution in [0, 0.1) is 0 Å². The van der Waals surface area contributed by atoms with Crippen LogP contribution in [0.25, 0.3) is 0 Å². The van der Waals surface area contributed by atoms with Gasteiger partial charge in [-0.3, -0.25) is 0 Å². The number of hydrogen-bond donors (Lipinski definition) is 1. The zero-order chi connectivity index (χ0) is 9.47. The van der Waals surface area contributed by atoms with Crippen LogP contribution in [-0.4, -0.2) is 0 Å². The first kappa shape index (κ1) is 8.70. The zero-order valence-corrected chi connectivity index (χ0v) is 7.76. The predicted molar refractivity (Wildman–Crippen MR) is 51.1 cm³/mol. The van der Waals surface area contributed by atoms with Crippen LogP contribution >= 0.6 is 0 Å². The summed E-state index contributed by atoms with van der Waals surface area (Å²) in [5, 5.41) is 0. The molecule has 1 saturated carbocycles. The number of alkyl halides is 1. The normalized spacial score (nSPS) is 21.2. The molecule has 1 fully saturated rings. The second-order valence-corrected chi connectivity index (χ2v) is 3.88. The number of nitrogens with two attached hydrogens (primary N) is 1. The minimum atomic E-state index is -1.04. The van der Waals surface area contributed by atoms with Crippen LogP contribution < -0.4 is 5.73 Å². The van der Waals surface area contributed by atoms with Crippen LogP contribution in [0.3, 0.4) is 0 Å². The number of rotatable bonds is 2. The Bertz CT molecular complexity index is 316. The van der Waals surface area contributed by atoms with Crippen molar-refractivity contribution >= 4 is 0 Å². The van der Waals surface area contributed by atoms with Gasteiger partial charge in [-0.25, -0.2) is 4.39 Å². The van der Waals surface area contributed by atoms with Crippen molar-refractivity contribution in [3.63, 3.8) is 0 Å². The van der Waals surface area contributed by atoms with Crippen molar-refractivity contribution in [1.29, 1.82) is 0 Å². The number of halogens is 1. The SMILES string of the molecule is CC(N)c1cccc(C2(F)CC2)c1. The maximum Gasteiger partial charge on any atom is 0.136 e. The lowest BCUT2D eigenvalue weighted by Crippen LogP contribution is -2.06. The molecule has 0 aromatic heterocycles. The quantitative estimate of drug-likeness (QED) is 0.742. The summed E-state index contributed by atoms with van der Waals surface area (Å²) in [5.41, 5.74) is 6.50. The van der Waals surface area contributed by atoms with E-state index in [1.165, 1.54) is 0 Å². The maximum atomic E-state index is 13.6. The second-order valence-electron chi connectivity index (χ2n) is 3.88. The van der Waals surface area contributed by atoms with Gasteiger partial charge in [0.25, 0.3) is 0 Å². The number of hydrogen-bond acceptors (Lipinski definition) is 1. The fourth-order valence-corrected chi connectivity index (χ4v) is 1.50. The molecule has 0 amide bonds. The molecule has 0 radical (unpaired) electrons. The van der Waals surface area contributed by atoms with Crippen molar-refractivity contribution in [2.75, 3.05) is 0 Å². The molecule has 1 unspecified atom stereocenters. The minimum Gasteiger partial charge on any atom is -0.324 e. The van der Waals surface area contributed by atoms with Gasteiger partial charge in [-0.15, -0.1) is 0 Å². The van der Waals surface area contributed by atoms with Gasteiger partial charge < -0.3 is 5.73 Å². The molecule has 0 saturated heterocycles. The molecule has 0 spiro atoms. The third kappa shape index (κ3) is 1.59. The van der Waals surface area contributed by atoms with E-state index in [4.69, 9.17) is 5.73 Å². The van der Waals surface area contributed by atoms with E-state index in [-0.39, 0.29) is 6.04 Å². The Hall–Kier alpha value is -0.890. The van der Waals surface area contributed by atoms with Gasteiger partial charge in [0.2, 0.25) is 0 Å². The molecular formula is C11H14FN. The average molecular weight is 179 g/mol. The average Bonchev–Trinajstić information content (AvgIpc) is 2.85. The Kier molecular flexibility index (Phi) is 1.88. The lowest BCUT2D eigenvalue weighted by molar-refractivity contribution is 0.317. The molecule has 2 heteroatoms. The van der Waals surface area contributed by atoms with Gasteiger partial charge in [0.15, 0.2) is 0 Å². The van der Waals surface area contributed by atoms with E-state index >= 15 is 0 Å². The third-order valence-electron chi connectivity index (χ3n) is 2.62. The predicted octanol–water partition coefficient (Wildman–Crippen LogP) is 2.66. The zero-order valence-electron chi connectivity index (χ0n) is 7.76. The summed E-state index contributed by atoms with van der Waals surface area (Å²) >= 11 is 0. The largest absolute Gasteiger partial charge is 0.324 e. The van der Waals surface area contributed by atoms with Crippen LogP contribution in [0.15, 0.2) is 24.3 Å². The summed E-state index contributed by atoms with van der Waals surface area (Å²) in [6.45, 7) is 1.91. The molecule has 2 N–H and O–H groups in total. The van der Waals surface area contributed by atoms with E-state index < -0.39 is 5.67 Å². The fourth-order valence-electron chi connectivity index (χ4n) is 1.50. The molecule has 0 bridgehead atoms. The summed E-state index contributed by atoms with van der Waals surface area (Å²) in [6.07, 6.45) is 1.32. The van der Waals surface area contributed by atoms with E-state index in [1.54, 1.807) is 0 Å². The van der Waals surface area contributed by atoms with Crippen molar-refractivity contribution in [3.8, 4) is 0 Å². The smallest absolute Gasteiger partial charge is 0.136 e. The van der Waals surface area contributed by atoms with Gasteiger partial charge in [-0.1, -0.05) is 24.3 Å². The summed E-state index contributed by atoms with van der Waals surface area (Å²) in [4.78, 5) is 0. The third-order valence-corrected chi connectivity index (χ3v) is 2.62. The highest BCUT2D eigenvalue weighted by molar-refractivity contribution is 5.32. The van der Waals surface area contributed by atoms with Gasteiger partial charge in [0, 0.05) is 6.04 Å². The molecule has 1 atom stereocenters. The maximum absolute atomic E-state index is 13.6. The molecule has 13 heavy (non-hydrogen) atoms. The van der Waals surface area contributed by atoms with E-state index in [1.807, 2.05) is 31.2 Å². The molecule has 1 aromatic carbocycles. The highest BCUT2D eigenvalue weighted by Crippen LogP contribution is 2.49. The van der Waals surface area contributed by atoms with E-state index in [2.05, 4.69) is 0 Å². The molecule has 2 rings (SSSR count). The molecule has 0 aliphatic heterocycles. The van der Waals surface area contributed by atoms with Crippen molar-refractivity contribution < 1.29 is 4.39 Å². The van der Waals surface area contributed by atoms with Crippen LogP contribution in [0.5, 0.6) is 0 Å². The lowest BCUT2D eigenvalue weighted by atomic mass is 10.0. The van der Waals surface area contributed by atoms with Crippen LogP contribution in [0.2, 0.25) is 0 Å². The highest BCUT2D eigenvalue weighted by Gasteiger charge is 2.44. The molecular weight excluding hydrogens is 165 g/mol. The Labute approximate surface area is 77.8 Å². The Morgan fingerprint density at radius 3 is 2.69 bits per heavy atom. The summed E-state index contributed by atoms with van der Waals surface area (Å²) in [7, 11) is 0. The van der Waals surface area contributed by atoms with Gasteiger partial charge in [0.1, 0.15) is 5.67 Å². The molecule has 1 aliphatic carbocycles.